The first-order valence-corrected chi connectivity index (χ1v) is 7.95. The van der Waals surface area contributed by atoms with E-state index in [1.54, 1.807) is 0 Å². The van der Waals surface area contributed by atoms with Gasteiger partial charge in [0.15, 0.2) is 0 Å². The van der Waals surface area contributed by atoms with Crippen LogP contribution in [0.5, 0.6) is 0 Å². The van der Waals surface area contributed by atoms with Crippen molar-refractivity contribution in [3.8, 4) is 0 Å². The van der Waals surface area contributed by atoms with Gasteiger partial charge in [-0.1, -0.05) is 34.6 Å². The summed E-state index contributed by atoms with van der Waals surface area (Å²) in [5.74, 6) is 1.56. The summed E-state index contributed by atoms with van der Waals surface area (Å²) in [4.78, 5) is 14.4. The molecule has 1 heterocycles. The molecule has 4 nitrogen and oxygen atoms in total. The molecule has 1 aliphatic rings. The standard InChI is InChI=1S/C16H33N3O/c1-12-9-13(2)11-19(10-12)8-6-7-18-15(20)14(17)16(3,4)5/h12-14H,6-11,17H2,1-5H3,(H,18,20)/t12?,13?,14-/m1/s1. The number of rotatable bonds is 5. The van der Waals surface area contributed by atoms with Crippen molar-refractivity contribution in [1.82, 2.24) is 10.2 Å². The highest BCUT2D eigenvalue weighted by atomic mass is 16.2. The smallest absolute Gasteiger partial charge is 0.237 e. The highest BCUT2D eigenvalue weighted by Crippen LogP contribution is 2.20. The van der Waals surface area contributed by atoms with Crippen LogP contribution in [0.2, 0.25) is 0 Å². The van der Waals surface area contributed by atoms with Crippen LogP contribution in [0, 0.1) is 17.3 Å². The zero-order chi connectivity index (χ0) is 15.3. The zero-order valence-corrected chi connectivity index (χ0v) is 13.9. The first-order chi connectivity index (χ1) is 9.20. The zero-order valence-electron chi connectivity index (χ0n) is 13.9. The van der Waals surface area contributed by atoms with E-state index < -0.39 is 6.04 Å². The maximum Gasteiger partial charge on any atom is 0.237 e. The van der Waals surface area contributed by atoms with Crippen molar-refractivity contribution in [2.45, 2.75) is 53.5 Å². The molecule has 0 radical (unpaired) electrons. The van der Waals surface area contributed by atoms with Gasteiger partial charge in [-0.25, -0.2) is 0 Å². The second-order valence-corrected chi connectivity index (χ2v) is 7.69. The molecule has 1 aliphatic heterocycles. The molecule has 20 heavy (non-hydrogen) atoms. The van der Waals surface area contributed by atoms with Crippen LogP contribution in [0.3, 0.4) is 0 Å². The molecule has 4 heteroatoms. The summed E-state index contributed by atoms with van der Waals surface area (Å²) in [5.41, 5.74) is 5.75. The molecule has 3 atom stereocenters. The maximum absolute atomic E-state index is 11.9. The number of piperidine rings is 1. The van der Waals surface area contributed by atoms with E-state index in [0.717, 1.165) is 31.3 Å². The molecule has 1 fully saturated rings. The molecule has 0 aliphatic carbocycles. The largest absolute Gasteiger partial charge is 0.355 e. The van der Waals surface area contributed by atoms with E-state index in [1.807, 2.05) is 20.8 Å². The van der Waals surface area contributed by atoms with Gasteiger partial charge >= 0.3 is 0 Å². The Bertz CT molecular complexity index is 301. The van der Waals surface area contributed by atoms with E-state index in [2.05, 4.69) is 24.1 Å². The van der Waals surface area contributed by atoms with E-state index in [9.17, 15) is 4.79 Å². The Kier molecular flexibility index (Phi) is 6.46. The number of hydrogen-bond donors (Lipinski definition) is 2. The second-order valence-electron chi connectivity index (χ2n) is 7.69. The fourth-order valence-corrected chi connectivity index (χ4v) is 2.99. The number of hydrogen-bond acceptors (Lipinski definition) is 3. The van der Waals surface area contributed by atoms with Crippen molar-refractivity contribution in [3.63, 3.8) is 0 Å². The van der Waals surface area contributed by atoms with Crippen molar-refractivity contribution in [1.29, 1.82) is 0 Å². The van der Waals surface area contributed by atoms with Crippen LogP contribution in [0.25, 0.3) is 0 Å². The average molecular weight is 283 g/mol. The molecule has 0 spiro atoms. The summed E-state index contributed by atoms with van der Waals surface area (Å²) in [5, 5.41) is 2.96. The lowest BCUT2D eigenvalue weighted by molar-refractivity contribution is -0.124. The molecule has 1 amide bonds. The Labute approximate surface area is 124 Å². The van der Waals surface area contributed by atoms with E-state index in [0.29, 0.717) is 0 Å². The third-order valence-electron chi connectivity index (χ3n) is 4.11. The van der Waals surface area contributed by atoms with Crippen molar-refractivity contribution in [3.05, 3.63) is 0 Å². The van der Waals surface area contributed by atoms with Gasteiger partial charge in [-0.2, -0.15) is 0 Å². The summed E-state index contributed by atoms with van der Waals surface area (Å²) in [6.45, 7) is 14.8. The maximum atomic E-state index is 11.9. The monoisotopic (exact) mass is 283 g/mol. The average Bonchev–Trinajstić information content (AvgIpc) is 2.31. The summed E-state index contributed by atoms with van der Waals surface area (Å²) >= 11 is 0. The molecule has 0 bridgehead atoms. The minimum absolute atomic E-state index is 0.0297. The number of carbonyl (C=O) groups is 1. The lowest BCUT2D eigenvalue weighted by Crippen LogP contribution is -2.49. The van der Waals surface area contributed by atoms with Crippen molar-refractivity contribution in [2.24, 2.45) is 23.0 Å². The summed E-state index contributed by atoms with van der Waals surface area (Å²) in [6.07, 6.45) is 2.34. The van der Waals surface area contributed by atoms with Crippen LogP contribution in [0.1, 0.15) is 47.5 Å². The van der Waals surface area contributed by atoms with E-state index in [1.165, 1.54) is 19.5 Å². The number of amides is 1. The lowest BCUT2D eigenvalue weighted by Gasteiger charge is -2.35. The molecule has 1 rings (SSSR count). The topological polar surface area (TPSA) is 58.4 Å². The first kappa shape index (κ1) is 17.4. The van der Waals surface area contributed by atoms with Crippen molar-refractivity contribution in [2.75, 3.05) is 26.2 Å². The molecular formula is C16H33N3O. The number of nitrogens with two attached hydrogens (primary N) is 1. The normalized spacial score (nSPS) is 26.3. The molecule has 0 aromatic rings. The predicted molar refractivity (Wildman–Crippen MR) is 84.4 cm³/mol. The lowest BCUT2D eigenvalue weighted by atomic mass is 9.87. The van der Waals surface area contributed by atoms with Gasteiger partial charge in [0.1, 0.15) is 0 Å². The van der Waals surface area contributed by atoms with Crippen molar-refractivity contribution < 1.29 is 4.79 Å². The molecular weight excluding hydrogens is 250 g/mol. The molecule has 3 N–H and O–H groups in total. The third kappa shape index (κ3) is 5.80. The van der Waals surface area contributed by atoms with Crippen LogP contribution in [0.4, 0.5) is 0 Å². The summed E-state index contributed by atoms with van der Waals surface area (Å²) in [6, 6.07) is -0.433. The number of likely N-dealkylation sites (tertiary alicyclic amines) is 1. The van der Waals surface area contributed by atoms with Crippen molar-refractivity contribution >= 4 is 5.91 Å². The Morgan fingerprint density at radius 2 is 1.85 bits per heavy atom. The van der Waals surface area contributed by atoms with Gasteiger partial charge in [-0.15, -0.1) is 0 Å². The quantitative estimate of drug-likeness (QED) is 0.757. The van der Waals surface area contributed by atoms with Gasteiger partial charge in [0.2, 0.25) is 5.91 Å². The van der Waals surface area contributed by atoms with Crippen LogP contribution in [0.15, 0.2) is 0 Å². The van der Waals surface area contributed by atoms with Gasteiger partial charge in [-0.05, 0) is 36.6 Å². The van der Waals surface area contributed by atoms with E-state index >= 15 is 0 Å². The number of carbonyl (C=O) groups excluding carboxylic acids is 1. The molecule has 118 valence electrons. The van der Waals surface area contributed by atoms with Gasteiger partial charge in [0.05, 0.1) is 6.04 Å². The molecule has 1 saturated heterocycles. The SMILES string of the molecule is CC1CC(C)CN(CCCNC(=O)[C@@H](N)C(C)(C)C)C1. The highest BCUT2D eigenvalue weighted by molar-refractivity contribution is 5.82. The Morgan fingerprint density at radius 1 is 1.30 bits per heavy atom. The van der Waals surface area contributed by atoms with Gasteiger partial charge in [-0.3, -0.25) is 4.79 Å². The first-order valence-electron chi connectivity index (χ1n) is 7.95. The summed E-state index contributed by atoms with van der Waals surface area (Å²) in [7, 11) is 0. The summed E-state index contributed by atoms with van der Waals surface area (Å²) < 4.78 is 0. The fourth-order valence-electron chi connectivity index (χ4n) is 2.99. The molecule has 0 aromatic carbocycles. The molecule has 0 aromatic heterocycles. The van der Waals surface area contributed by atoms with Crippen LogP contribution < -0.4 is 11.1 Å². The molecule has 0 saturated carbocycles. The Hall–Kier alpha value is -0.610. The van der Waals surface area contributed by atoms with Gasteiger partial charge in [0.25, 0.3) is 0 Å². The van der Waals surface area contributed by atoms with E-state index in [4.69, 9.17) is 5.73 Å². The highest BCUT2D eigenvalue weighted by Gasteiger charge is 2.27. The van der Waals surface area contributed by atoms with Crippen LogP contribution in [-0.4, -0.2) is 43.0 Å². The van der Waals surface area contributed by atoms with E-state index in [-0.39, 0.29) is 11.3 Å². The number of nitrogens with one attached hydrogen (secondary N) is 1. The fraction of sp³-hybridized carbons (Fsp3) is 0.938. The van der Waals surface area contributed by atoms with Gasteiger partial charge < -0.3 is 16.0 Å². The minimum atomic E-state index is -0.433. The third-order valence-corrected chi connectivity index (χ3v) is 4.11. The Morgan fingerprint density at radius 3 is 2.35 bits per heavy atom. The minimum Gasteiger partial charge on any atom is -0.355 e. The van der Waals surface area contributed by atoms with Crippen LogP contribution >= 0.6 is 0 Å². The van der Waals surface area contributed by atoms with Crippen LogP contribution in [-0.2, 0) is 4.79 Å². The second kappa shape index (κ2) is 7.41. The predicted octanol–water partition coefficient (Wildman–Crippen LogP) is 1.84. The molecule has 2 unspecified atom stereocenters. The number of nitrogens with zero attached hydrogens (tertiary/aromatic N) is 1. The Balaban J connectivity index is 2.20. The van der Waals surface area contributed by atoms with Gasteiger partial charge in [0, 0.05) is 19.6 Å².